The Labute approximate surface area is 37.3 Å². The number of hydrogen-bond acceptors (Lipinski definition) is 1. The maximum absolute atomic E-state index is 8.68. The molecule has 0 aromatic rings. The Morgan fingerprint density at radius 1 is 1.75 bits per heavy atom. The summed E-state index contributed by atoms with van der Waals surface area (Å²) in [4.78, 5) is 8.68. The van der Waals surface area contributed by atoms with E-state index in [0.717, 1.165) is 0 Å². The van der Waals surface area contributed by atoms with Crippen molar-refractivity contribution in [3.05, 3.63) is 0 Å². The fourth-order valence-electron chi connectivity index (χ4n) is 0. The summed E-state index contributed by atoms with van der Waals surface area (Å²) in [5.74, 6) is 0. The van der Waals surface area contributed by atoms with Crippen molar-refractivity contribution in [3.63, 3.8) is 0 Å². The molecule has 0 aromatic carbocycles. The van der Waals surface area contributed by atoms with Gasteiger partial charge in [-0.05, 0) is 0 Å². The van der Waals surface area contributed by atoms with E-state index in [4.69, 9.17) is 4.79 Å². The summed E-state index contributed by atoms with van der Waals surface area (Å²) in [5, 5.41) is 0. The van der Waals surface area contributed by atoms with E-state index >= 15 is 0 Å². The van der Waals surface area contributed by atoms with Crippen LogP contribution in [0.2, 0.25) is 0 Å². The van der Waals surface area contributed by atoms with E-state index in [9.17, 15) is 0 Å². The molecular formula is C2H3OV+. The largest absolute Gasteiger partial charge is 2.00 e. The molecule has 0 aliphatic heterocycles. The van der Waals surface area contributed by atoms with Crippen molar-refractivity contribution in [2.24, 2.45) is 0 Å². The Kier molecular flexibility index (Phi) is 23.3. The predicted octanol–water partition coefficient (Wildman–Crippen LogP) is 0.113. The van der Waals surface area contributed by atoms with Crippen LogP contribution in [0.4, 0.5) is 0 Å². The second kappa shape index (κ2) is 10.5. The van der Waals surface area contributed by atoms with Gasteiger partial charge in [-0.3, -0.25) is 6.29 Å². The second-order valence-corrected chi connectivity index (χ2v) is 0.204. The van der Waals surface area contributed by atoms with Crippen LogP contribution in [0.3, 0.4) is 0 Å². The summed E-state index contributed by atoms with van der Waals surface area (Å²) in [6.07, 6.45) is 1.50. The summed E-state index contributed by atoms with van der Waals surface area (Å²) < 4.78 is 0. The van der Waals surface area contributed by atoms with Gasteiger partial charge in [0.05, 0.1) is 0 Å². The number of rotatable bonds is 0. The maximum atomic E-state index is 8.68. The Bertz CT molecular complexity index is 13.5. The molecule has 0 amide bonds. The molecule has 0 N–H and O–H groups in total. The monoisotopic (exact) mass is 94.0 g/mol. The van der Waals surface area contributed by atoms with Crippen molar-refractivity contribution in [1.82, 2.24) is 0 Å². The van der Waals surface area contributed by atoms with E-state index < -0.39 is 0 Å². The summed E-state index contributed by atoms with van der Waals surface area (Å²) in [6.45, 7) is 1.32. The van der Waals surface area contributed by atoms with Crippen LogP contribution in [0, 0.1) is 0 Å². The third-order valence-electron chi connectivity index (χ3n) is 0. The van der Waals surface area contributed by atoms with Crippen LogP contribution in [0.1, 0.15) is 6.92 Å². The SMILES string of the molecule is C[C-]=O.[V+2]. The van der Waals surface area contributed by atoms with Gasteiger partial charge >= 0.3 is 18.6 Å². The van der Waals surface area contributed by atoms with Crippen molar-refractivity contribution < 1.29 is 23.4 Å². The molecule has 1 radical (unpaired) electrons. The van der Waals surface area contributed by atoms with Gasteiger partial charge in [0.15, 0.2) is 0 Å². The van der Waals surface area contributed by atoms with Gasteiger partial charge in [-0.25, -0.2) is 0 Å². The van der Waals surface area contributed by atoms with E-state index in [1.807, 2.05) is 0 Å². The van der Waals surface area contributed by atoms with Gasteiger partial charge in [0, 0.05) is 0 Å². The first-order chi connectivity index (χ1) is 1.41. The summed E-state index contributed by atoms with van der Waals surface area (Å²) >= 11 is 0. The smallest absolute Gasteiger partial charge is 0.542 e. The Hall–Kier alpha value is 0.254. The molecule has 1 nitrogen and oxygen atoms in total. The molecule has 0 heterocycles. The van der Waals surface area contributed by atoms with E-state index in [-0.39, 0.29) is 18.6 Å². The minimum Gasteiger partial charge on any atom is -0.542 e. The van der Waals surface area contributed by atoms with Crippen molar-refractivity contribution in [1.29, 1.82) is 0 Å². The standard InChI is InChI=1S/C2H3O.V/c1-2-3;/h1H3;/q-1;+2. The molecule has 0 aromatic heterocycles. The zero-order valence-electron chi connectivity index (χ0n) is 2.36. The molecule has 0 unspecified atom stereocenters. The first-order valence-electron chi connectivity index (χ1n) is 0.704. The van der Waals surface area contributed by atoms with Crippen molar-refractivity contribution in [2.45, 2.75) is 6.92 Å². The molecule has 0 bridgehead atoms. The van der Waals surface area contributed by atoms with Gasteiger partial charge < -0.3 is 4.79 Å². The molecule has 4 heavy (non-hydrogen) atoms. The van der Waals surface area contributed by atoms with Crippen LogP contribution < -0.4 is 0 Å². The second-order valence-electron chi connectivity index (χ2n) is 0.204. The molecule has 0 saturated heterocycles. The van der Waals surface area contributed by atoms with Crippen molar-refractivity contribution in [2.75, 3.05) is 0 Å². The third-order valence-corrected chi connectivity index (χ3v) is 0. The fourth-order valence-corrected chi connectivity index (χ4v) is 0. The molecule has 0 fully saturated rings. The van der Waals surface area contributed by atoms with Gasteiger partial charge in [0.25, 0.3) is 0 Å². The third kappa shape index (κ3) is 54.8. The minimum absolute atomic E-state index is 0. The number of carbonyl (C=O) groups excluding carboxylic acids is 1. The molecule has 21 valence electrons. The average Bonchev–Trinajstić information content (AvgIpc) is 0.918. The Morgan fingerprint density at radius 3 is 1.75 bits per heavy atom. The van der Waals surface area contributed by atoms with Crippen LogP contribution >= 0.6 is 0 Å². The molecule has 0 aliphatic rings. The van der Waals surface area contributed by atoms with E-state index in [1.54, 1.807) is 0 Å². The molecular weight excluding hydrogens is 91.0 g/mol. The van der Waals surface area contributed by atoms with Crippen molar-refractivity contribution in [3.8, 4) is 0 Å². The molecule has 0 aliphatic carbocycles. The molecule has 0 rings (SSSR count). The first kappa shape index (κ1) is 8.87. The van der Waals surface area contributed by atoms with Gasteiger partial charge in [0.1, 0.15) is 0 Å². The van der Waals surface area contributed by atoms with Crippen LogP contribution in [0.5, 0.6) is 0 Å². The summed E-state index contributed by atoms with van der Waals surface area (Å²) in [6, 6.07) is 0. The predicted molar refractivity (Wildman–Crippen MR) is 11.4 cm³/mol. The minimum atomic E-state index is 0. The molecule has 0 atom stereocenters. The fraction of sp³-hybridized carbons (Fsp3) is 0.500. The van der Waals surface area contributed by atoms with Crippen LogP contribution in [0.25, 0.3) is 0 Å². The Balaban J connectivity index is 0. The van der Waals surface area contributed by atoms with Gasteiger partial charge in [-0.15, -0.1) is 0 Å². The van der Waals surface area contributed by atoms with E-state index in [1.165, 1.54) is 13.2 Å². The van der Waals surface area contributed by atoms with Crippen molar-refractivity contribution >= 4 is 6.29 Å². The summed E-state index contributed by atoms with van der Waals surface area (Å²) in [7, 11) is 0. The average molecular weight is 94.0 g/mol. The molecule has 0 spiro atoms. The van der Waals surface area contributed by atoms with Gasteiger partial charge in [-0.2, -0.15) is 6.92 Å². The number of hydrogen-bond donors (Lipinski definition) is 0. The zero-order chi connectivity index (χ0) is 2.71. The van der Waals surface area contributed by atoms with Crippen LogP contribution in [-0.2, 0) is 23.4 Å². The first-order valence-corrected chi connectivity index (χ1v) is 0.704. The zero-order valence-corrected chi connectivity index (χ0v) is 3.75. The topological polar surface area (TPSA) is 17.1 Å². The normalized spacial score (nSPS) is 3.25. The van der Waals surface area contributed by atoms with Crippen LogP contribution in [-0.4, -0.2) is 6.29 Å². The molecule has 2 heteroatoms. The summed E-state index contributed by atoms with van der Waals surface area (Å²) in [5.41, 5.74) is 0. The maximum Gasteiger partial charge on any atom is 2.00 e. The Morgan fingerprint density at radius 2 is 1.75 bits per heavy atom. The van der Waals surface area contributed by atoms with Crippen LogP contribution in [0.15, 0.2) is 0 Å². The van der Waals surface area contributed by atoms with Gasteiger partial charge in [-0.1, -0.05) is 0 Å². The quantitative estimate of drug-likeness (QED) is 0.389. The van der Waals surface area contributed by atoms with Gasteiger partial charge in [0.2, 0.25) is 0 Å². The van der Waals surface area contributed by atoms with E-state index in [0.29, 0.717) is 0 Å². The molecule has 0 saturated carbocycles. The van der Waals surface area contributed by atoms with E-state index in [2.05, 4.69) is 0 Å².